The van der Waals surface area contributed by atoms with Crippen molar-refractivity contribution in [1.29, 1.82) is 0 Å². The average molecular weight is 293 g/mol. The van der Waals surface area contributed by atoms with Crippen LogP contribution in [-0.4, -0.2) is 18.1 Å². The Kier molecular flexibility index (Phi) is 3.74. The van der Waals surface area contributed by atoms with Gasteiger partial charge >= 0.3 is 0 Å². The number of aromatic nitrogens is 1. The first-order valence-electron chi connectivity index (χ1n) is 6.49. The van der Waals surface area contributed by atoms with Crippen LogP contribution in [0.2, 0.25) is 0 Å². The second kappa shape index (κ2) is 5.67. The van der Waals surface area contributed by atoms with Gasteiger partial charge in [0.25, 0.3) is 0 Å². The Bertz CT molecular complexity index is 621. The zero-order valence-electron chi connectivity index (χ0n) is 10.9. The number of benzene rings is 1. The maximum atomic E-state index is 13.3. The lowest BCUT2D eigenvalue weighted by Gasteiger charge is -2.24. The van der Waals surface area contributed by atoms with Gasteiger partial charge in [-0.2, -0.15) is 0 Å². The van der Waals surface area contributed by atoms with Crippen molar-refractivity contribution >= 4 is 23.1 Å². The molecule has 1 aromatic carbocycles. The van der Waals surface area contributed by atoms with E-state index in [0.717, 1.165) is 24.4 Å². The van der Waals surface area contributed by atoms with Crippen molar-refractivity contribution in [1.82, 2.24) is 4.98 Å². The predicted octanol–water partition coefficient (Wildman–Crippen LogP) is 3.88. The minimum atomic E-state index is -0.372. The lowest BCUT2D eigenvalue weighted by atomic mass is 10.2. The van der Waals surface area contributed by atoms with Gasteiger partial charge in [-0.3, -0.25) is 0 Å². The van der Waals surface area contributed by atoms with E-state index in [0.29, 0.717) is 18.0 Å². The number of para-hydroxylation sites is 2. The van der Waals surface area contributed by atoms with Gasteiger partial charge in [0.1, 0.15) is 17.4 Å². The second-order valence-corrected chi connectivity index (χ2v) is 4.86. The highest BCUT2D eigenvalue weighted by Gasteiger charge is 2.20. The van der Waals surface area contributed by atoms with Crippen LogP contribution < -0.4 is 9.64 Å². The van der Waals surface area contributed by atoms with E-state index >= 15 is 0 Å². The van der Waals surface area contributed by atoms with E-state index in [1.165, 1.54) is 12.3 Å². The summed E-state index contributed by atoms with van der Waals surface area (Å²) in [7, 11) is 0. The Morgan fingerprint density at radius 2 is 2.20 bits per heavy atom. The van der Waals surface area contributed by atoms with E-state index in [9.17, 15) is 4.39 Å². The Morgan fingerprint density at radius 3 is 3.05 bits per heavy atom. The van der Waals surface area contributed by atoms with Crippen LogP contribution in [0.5, 0.6) is 5.75 Å². The first-order chi connectivity index (χ1) is 9.79. The third-order valence-electron chi connectivity index (χ3n) is 3.25. The molecule has 0 N–H and O–H groups in total. The molecule has 3 nitrogen and oxygen atoms in total. The predicted molar refractivity (Wildman–Crippen MR) is 77.3 cm³/mol. The molecule has 20 heavy (non-hydrogen) atoms. The van der Waals surface area contributed by atoms with Crippen LogP contribution in [0.3, 0.4) is 0 Å². The molecule has 1 aromatic heterocycles. The lowest BCUT2D eigenvalue weighted by Crippen LogP contribution is -2.20. The number of halogens is 2. The summed E-state index contributed by atoms with van der Waals surface area (Å²) in [6.07, 6.45) is 2.09. The van der Waals surface area contributed by atoms with Crippen molar-refractivity contribution < 1.29 is 9.13 Å². The molecule has 0 radical (unpaired) electrons. The summed E-state index contributed by atoms with van der Waals surface area (Å²) in [6.45, 7) is 1.42. The smallest absolute Gasteiger partial charge is 0.142 e. The van der Waals surface area contributed by atoms with E-state index in [2.05, 4.69) is 4.98 Å². The first-order valence-corrected chi connectivity index (χ1v) is 7.03. The zero-order valence-corrected chi connectivity index (χ0v) is 11.6. The van der Waals surface area contributed by atoms with E-state index < -0.39 is 0 Å². The molecule has 0 aliphatic carbocycles. The number of hydrogen-bond acceptors (Lipinski definition) is 3. The van der Waals surface area contributed by atoms with Gasteiger partial charge < -0.3 is 9.64 Å². The summed E-state index contributed by atoms with van der Waals surface area (Å²) in [5.74, 6) is 1.36. The van der Waals surface area contributed by atoms with Crippen LogP contribution in [0, 0.1) is 5.82 Å². The highest BCUT2D eigenvalue weighted by atomic mass is 35.5. The SMILES string of the molecule is Fc1cnc(N2CCCOc3ccccc32)c(CCl)c1. The van der Waals surface area contributed by atoms with Crippen molar-refractivity contribution in [3.63, 3.8) is 0 Å². The molecular weight excluding hydrogens is 279 g/mol. The molecule has 0 bridgehead atoms. The molecule has 2 aromatic rings. The fourth-order valence-corrected chi connectivity index (χ4v) is 2.56. The standard InChI is InChI=1S/C15H14ClFN2O/c16-9-11-8-12(17)10-18-15(11)19-6-3-7-20-14-5-2-1-4-13(14)19/h1-2,4-5,8,10H,3,6-7,9H2. The molecule has 104 valence electrons. The number of alkyl halides is 1. The van der Waals surface area contributed by atoms with E-state index in [4.69, 9.17) is 16.3 Å². The largest absolute Gasteiger partial charge is 0.491 e. The van der Waals surface area contributed by atoms with Gasteiger partial charge in [-0.15, -0.1) is 11.6 Å². The fourth-order valence-electron chi connectivity index (χ4n) is 2.36. The second-order valence-electron chi connectivity index (χ2n) is 4.59. The molecule has 1 aliphatic rings. The molecule has 2 heterocycles. The van der Waals surface area contributed by atoms with Crippen molar-refractivity contribution in [3.8, 4) is 5.75 Å². The summed E-state index contributed by atoms with van der Waals surface area (Å²) in [5.41, 5.74) is 1.62. The molecule has 0 amide bonds. The van der Waals surface area contributed by atoms with Crippen LogP contribution in [0.1, 0.15) is 12.0 Å². The van der Waals surface area contributed by atoms with Crippen molar-refractivity contribution in [2.75, 3.05) is 18.1 Å². The number of hydrogen-bond donors (Lipinski definition) is 0. The molecule has 0 fully saturated rings. The third kappa shape index (κ3) is 2.43. The van der Waals surface area contributed by atoms with E-state index in [1.54, 1.807) is 0 Å². The monoisotopic (exact) mass is 292 g/mol. The highest BCUT2D eigenvalue weighted by Crippen LogP contribution is 2.36. The molecule has 3 rings (SSSR count). The van der Waals surface area contributed by atoms with Crippen molar-refractivity contribution in [2.24, 2.45) is 0 Å². The maximum absolute atomic E-state index is 13.3. The van der Waals surface area contributed by atoms with Gasteiger partial charge in [0, 0.05) is 12.1 Å². The number of rotatable bonds is 2. The molecule has 0 spiro atoms. The van der Waals surface area contributed by atoms with Crippen LogP contribution in [-0.2, 0) is 5.88 Å². The van der Waals surface area contributed by atoms with Crippen LogP contribution in [0.15, 0.2) is 36.5 Å². The van der Waals surface area contributed by atoms with Crippen LogP contribution >= 0.6 is 11.6 Å². The van der Waals surface area contributed by atoms with Crippen LogP contribution in [0.25, 0.3) is 0 Å². The molecular formula is C15H14ClFN2O. The quantitative estimate of drug-likeness (QED) is 0.786. The summed E-state index contributed by atoms with van der Waals surface area (Å²) < 4.78 is 19.0. The van der Waals surface area contributed by atoms with Gasteiger partial charge in [-0.1, -0.05) is 12.1 Å². The Balaban J connectivity index is 2.10. The number of pyridine rings is 1. The number of ether oxygens (including phenoxy) is 1. The third-order valence-corrected chi connectivity index (χ3v) is 3.54. The minimum absolute atomic E-state index is 0.222. The molecule has 5 heteroatoms. The Morgan fingerprint density at radius 1 is 1.35 bits per heavy atom. The Labute approximate surface area is 122 Å². The van der Waals surface area contributed by atoms with Crippen molar-refractivity contribution in [2.45, 2.75) is 12.3 Å². The molecule has 0 unspecified atom stereocenters. The summed E-state index contributed by atoms with van der Waals surface area (Å²) in [6, 6.07) is 9.22. The van der Waals surface area contributed by atoms with E-state index in [1.807, 2.05) is 29.2 Å². The summed E-state index contributed by atoms with van der Waals surface area (Å²) >= 11 is 5.93. The van der Waals surface area contributed by atoms with Gasteiger partial charge in [0.2, 0.25) is 0 Å². The molecule has 0 atom stereocenters. The number of anilines is 2. The van der Waals surface area contributed by atoms with Crippen LogP contribution in [0.4, 0.5) is 15.9 Å². The number of nitrogens with zero attached hydrogens (tertiary/aromatic N) is 2. The van der Waals surface area contributed by atoms with Gasteiger partial charge in [0.05, 0.1) is 24.4 Å². The highest BCUT2D eigenvalue weighted by molar-refractivity contribution is 6.17. The normalized spacial score (nSPS) is 14.4. The Hall–Kier alpha value is -1.81. The summed E-state index contributed by atoms with van der Waals surface area (Å²) in [4.78, 5) is 6.27. The van der Waals surface area contributed by atoms with Gasteiger partial charge in [-0.25, -0.2) is 9.37 Å². The zero-order chi connectivity index (χ0) is 13.9. The molecule has 0 saturated carbocycles. The topological polar surface area (TPSA) is 25.4 Å². The maximum Gasteiger partial charge on any atom is 0.142 e. The lowest BCUT2D eigenvalue weighted by molar-refractivity contribution is 0.322. The average Bonchev–Trinajstić information content (AvgIpc) is 2.69. The first kappa shape index (κ1) is 13.2. The van der Waals surface area contributed by atoms with Crippen molar-refractivity contribution in [3.05, 3.63) is 47.9 Å². The van der Waals surface area contributed by atoms with Gasteiger partial charge in [-0.05, 0) is 24.6 Å². The number of fused-ring (bicyclic) bond motifs is 1. The van der Waals surface area contributed by atoms with Gasteiger partial charge in [0.15, 0.2) is 0 Å². The van der Waals surface area contributed by atoms with E-state index in [-0.39, 0.29) is 11.7 Å². The molecule has 1 aliphatic heterocycles. The fraction of sp³-hybridized carbons (Fsp3) is 0.267. The molecule has 0 saturated heterocycles. The minimum Gasteiger partial charge on any atom is -0.491 e. The summed E-state index contributed by atoms with van der Waals surface area (Å²) in [5, 5.41) is 0.